The lowest BCUT2D eigenvalue weighted by Gasteiger charge is -2.21. The number of fused-ring (bicyclic) bond motifs is 1. The van der Waals surface area contributed by atoms with Crippen LogP contribution < -0.4 is 14.2 Å². The fraction of sp³-hybridized carbons (Fsp3) is 0.273. The molecule has 28 heavy (non-hydrogen) atoms. The number of thiophene rings is 1. The highest BCUT2D eigenvalue weighted by Crippen LogP contribution is 2.39. The van der Waals surface area contributed by atoms with Crippen LogP contribution in [0.2, 0.25) is 0 Å². The molecule has 0 bridgehead atoms. The van der Waals surface area contributed by atoms with Crippen molar-refractivity contribution in [3.8, 4) is 33.4 Å². The number of phenols is 1. The Labute approximate surface area is 168 Å². The molecule has 6 heteroatoms. The van der Waals surface area contributed by atoms with Gasteiger partial charge in [-0.3, -0.25) is 4.90 Å². The lowest BCUT2D eigenvalue weighted by Crippen LogP contribution is -2.25. The highest BCUT2D eigenvalue weighted by molar-refractivity contribution is 7.13. The Balaban J connectivity index is 1.63. The first kappa shape index (κ1) is 18.7. The number of ether oxygens (including phenoxy) is 3. The molecule has 0 radical (unpaired) electrons. The summed E-state index contributed by atoms with van der Waals surface area (Å²) in [5.74, 6) is 2.42. The quantitative estimate of drug-likeness (QED) is 0.685. The average Bonchev–Trinajstić information content (AvgIpc) is 3.16. The van der Waals surface area contributed by atoms with Crippen molar-refractivity contribution in [2.45, 2.75) is 13.1 Å². The third kappa shape index (κ3) is 3.79. The van der Waals surface area contributed by atoms with Crippen molar-refractivity contribution >= 4 is 11.3 Å². The van der Waals surface area contributed by atoms with Gasteiger partial charge < -0.3 is 19.3 Å². The normalized spacial score (nSPS) is 14.1. The first-order valence-electron chi connectivity index (χ1n) is 9.13. The van der Waals surface area contributed by atoms with Crippen LogP contribution >= 0.6 is 11.3 Å². The molecule has 0 saturated carbocycles. The van der Waals surface area contributed by atoms with E-state index >= 15 is 0 Å². The number of hydrogen-bond acceptors (Lipinski definition) is 6. The number of rotatable bonds is 5. The van der Waals surface area contributed by atoms with Crippen molar-refractivity contribution in [3.63, 3.8) is 0 Å². The molecule has 0 amide bonds. The van der Waals surface area contributed by atoms with Gasteiger partial charge in [-0.1, -0.05) is 6.07 Å². The summed E-state index contributed by atoms with van der Waals surface area (Å²) in [7, 11) is 3.34. The first-order valence-corrected chi connectivity index (χ1v) is 10.0. The van der Waals surface area contributed by atoms with E-state index in [1.165, 1.54) is 0 Å². The van der Waals surface area contributed by atoms with E-state index in [-0.39, 0.29) is 5.75 Å². The second-order valence-corrected chi connectivity index (χ2v) is 7.65. The van der Waals surface area contributed by atoms with Crippen molar-refractivity contribution in [2.75, 3.05) is 27.4 Å². The molecule has 2 heterocycles. The van der Waals surface area contributed by atoms with E-state index in [1.807, 2.05) is 29.6 Å². The molecule has 1 aliphatic rings. The van der Waals surface area contributed by atoms with Gasteiger partial charge in [0.15, 0.2) is 11.5 Å². The van der Waals surface area contributed by atoms with Crippen molar-refractivity contribution in [2.24, 2.45) is 0 Å². The maximum Gasteiger partial charge on any atom is 0.165 e. The third-order valence-corrected chi connectivity index (χ3v) is 5.80. The van der Waals surface area contributed by atoms with Crippen LogP contribution in [-0.4, -0.2) is 37.4 Å². The number of aromatic hydroxyl groups is 1. The lowest BCUT2D eigenvalue weighted by atomic mass is 10.1. The summed E-state index contributed by atoms with van der Waals surface area (Å²) in [6.45, 7) is 2.66. The predicted octanol–water partition coefficient (Wildman–Crippen LogP) is 4.53. The minimum Gasteiger partial charge on any atom is -0.504 e. The standard InChI is InChI=1S/C22H23NO4S/c1-25-18-5-6-20(26-2)16(11-18)13-23-7-8-27-22-17(14-23)10-15(12-19(22)24)21-4-3-9-28-21/h3-6,9-12,24H,7-8,13-14H2,1-2H3. The zero-order valence-corrected chi connectivity index (χ0v) is 16.8. The van der Waals surface area contributed by atoms with Crippen molar-refractivity contribution in [3.05, 3.63) is 59.0 Å². The van der Waals surface area contributed by atoms with E-state index in [9.17, 15) is 5.11 Å². The van der Waals surface area contributed by atoms with Gasteiger partial charge >= 0.3 is 0 Å². The van der Waals surface area contributed by atoms with Crippen LogP contribution in [0, 0.1) is 0 Å². The Kier molecular flexibility index (Phi) is 5.41. The molecule has 0 spiro atoms. The topological polar surface area (TPSA) is 51.2 Å². The van der Waals surface area contributed by atoms with Gasteiger partial charge in [0.1, 0.15) is 18.1 Å². The molecule has 1 aliphatic heterocycles. The second-order valence-electron chi connectivity index (χ2n) is 6.70. The minimum absolute atomic E-state index is 0.196. The van der Waals surface area contributed by atoms with Crippen molar-refractivity contribution in [1.29, 1.82) is 0 Å². The van der Waals surface area contributed by atoms with Crippen LogP contribution in [-0.2, 0) is 13.1 Å². The molecule has 146 valence electrons. The smallest absolute Gasteiger partial charge is 0.165 e. The summed E-state index contributed by atoms with van der Waals surface area (Å²) in [5, 5.41) is 12.5. The molecule has 0 aliphatic carbocycles. The molecule has 0 saturated heterocycles. The fourth-order valence-corrected chi connectivity index (χ4v) is 4.23. The number of nitrogens with zero attached hydrogens (tertiary/aromatic N) is 1. The molecule has 0 atom stereocenters. The first-order chi connectivity index (χ1) is 13.7. The van der Waals surface area contributed by atoms with Crippen LogP contribution in [0.3, 0.4) is 0 Å². The van der Waals surface area contributed by atoms with Crippen LogP contribution in [0.25, 0.3) is 10.4 Å². The maximum atomic E-state index is 10.5. The van der Waals surface area contributed by atoms with Gasteiger partial charge in [-0.05, 0) is 47.3 Å². The zero-order chi connectivity index (χ0) is 19.5. The van der Waals surface area contributed by atoms with Gasteiger partial charge in [0, 0.05) is 35.6 Å². The summed E-state index contributed by atoms with van der Waals surface area (Å²) in [6.07, 6.45) is 0. The van der Waals surface area contributed by atoms with E-state index < -0.39 is 0 Å². The van der Waals surface area contributed by atoms with Gasteiger partial charge in [0.25, 0.3) is 0 Å². The molecule has 0 unspecified atom stereocenters. The van der Waals surface area contributed by atoms with E-state index in [0.29, 0.717) is 25.4 Å². The molecule has 1 aromatic heterocycles. The number of hydrogen-bond donors (Lipinski definition) is 1. The summed E-state index contributed by atoms with van der Waals surface area (Å²) in [4.78, 5) is 3.42. The number of phenolic OH excluding ortho intramolecular Hbond substituents is 1. The van der Waals surface area contributed by atoms with E-state index in [0.717, 1.165) is 39.6 Å². The highest BCUT2D eigenvalue weighted by Gasteiger charge is 2.21. The Hall–Kier alpha value is -2.70. The fourth-order valence-electron chi connectivity index (χ4n) is 3.52. The monoisotopic (exact) mass is 397 g/mol. The van der Waals surface area contributed by atoms with E-state index in [2.05, 4.69) is 17.0 Å². The Morgan fingerprint density at radius 1 is 1.14 bits per heavy atom. The van der Waals surface area contributed by atoms with Crippen molar-refractivity contribution < 1.29 is 19.3 Å². The van der Waals surface area contributed by atoms with Crippen LogP contribution in [0.15, 0.2) is 47.8 Å². The molecule has 4 rings (SSSR count). The lowest BCUT2D eigenvalue weighted by molar-refractivity contribution is 0.215. The minimum atomic E-state index is 0.196. The van der Waals surface area contributed by atoms with Gasteiger partial charge in [-0.25, -0.2) is 0 Å². The Morgan fingerprint density at radius 3 is 2.79 bits per heavy atom. The van der Waals surface area contributed by atoms with Gasteiger partial charge in [0.05, 0.1) is 14.2 Å². The summed E-state index contributed by atoms with van der Waals surface area (Å²) < 4.78 is 16.8. The number of benzene rings is 2. The van der Waals surface area contributed by atoms with Crippen LogP contribution in [0.1, 0.15) is 11.1 Å². The molecule has 1 N–H and O–H groups in total. The van der Waals surface area contributed by atoms with Crippen molar-refractivity contribution in [1.82, 2.24) is 4.90 Å². The van der Waals surface area contributed by atoms with Gasteiger partial charge in [-0.15, -0.1) is 11.3 Å². The zero-order valence-electron chi connectivity index (χ0n) is 16.0. The van der Waals surface area contributed by atoms with Crippen LogP contribution in [0.5, 0.6) is 23.0 Å². The Morgan fingerprint density at radius 2 is 2.04 bits per heavy atom. The average molecular weight is 397 g/mol. The Bertz CT molecular complexity index is 955. The molecule has 3 aromatic rings. The summed E-state index contributed by atoms with van der Waals surface area (Å²) >= 11 is 1.66. The largest absolute Gasteiger partial charge is 0.504 e. The van der Waals surface area contributed by atoms with Crippen LogP contribution in [0.4, 0.5) is 0 Å². The highest BCUT2D eigenvalue weighted by atomic mass is 32.1. The maximum absolute atomic E-state index is 10.5. The molecular weight excluding hydrogens is 374 g/mol. The van der Waals surface area contributed by atoms with Gasteiger partial charge in [0.2, 0.25) is 0 Å². The summed E-state index contributed by atoms with van der Waals surface area (Å²) in [6, 6.07) is 13.8. The van der Waals surface area contributed by atoms with E-state index in [1.54, 1.807) is 31.6 Å². The molecular formula is C22H23NO4S. The second kappa shape index (κ2) is 8.12. The molecule has 0 fully saturated rings. The molecule has 5 nitrogen and oxygen atoms in total. The van der Waals surface area contributed by atoms with E-state index in [4.69, 9.17) is 14.2 Å². The van der Waals surface area contributed by atoms with Gasteiger partial charge in [-0.2, -0.15) is 0 Å². The molecule has 2 aromatic carbocycles. The SMILES string of the molecule is COc1ccc(OC)c(CN2CCOc3c(O)cc(-c4cccs4)cc3C2)c1. The number of methoxy groups -OCH3 is 2. The summed E-state index contributed by atoms with van der Waals surface area (Å²) in [5.41, 5.74) is 3.06. The predicted molar refractivity (Wildman–Crippen MR) is 111 cm³/mol. The third-order valence-electron chi connectivity index (χ3n) is 4.88.